The molecule has 0 unspecified atom stereocenters. The molecule has 3 heterocycles. The number of halogens is 1. The topological polar surface area (TPSA) is 154 Å². The Balaban J connectivity index is 1.43. The van der Waals surface area contributed by atoms with E-state index in [9.17, 15) is 24.0 Å². The SMILES string of the molecule is CC(C)C[C@@H]1NC(=O)[C@@H](N(C)C(=O)[C@@H](NC(=O)OC(C)(C)C)C2CC2)CCCCCCCN(C)C(=O)[C@H](Cc2cc(Cl)ccc2-c2ccc(N3CCOCC3)cn2)N(C)C1=O. The quantitative estimate of drug-likeness (QED) is 0.289. The Morgan fingerprint density at radius 2 is 1.66 bits per heavy atom. The summed E-state index contributed by atoms with van der Waals surface area (Å²) >= 11 is 6.62. The highest BCUT2D eigenvalue weighted by molar-refractivity contribution is 6.30. The molecule has 1 aromatic heterocycles. The lowest BCUT2D eigenvalue weighted by molar-refractivity contribution is -0.147. The number of alkyl carbamates (subject to hydrolysis) is 1. The predicted molar refractivity (Wildman–Crippen MR) is 237 cm³/mol. The van der Waals surface area contributed by atoms with Gasteiger partial charge in [0, 0.05) is 57.8 Å². The minimum absolute atomic E-state index is 0.00574. The van der Waals surface area contributed by atoms with Gasteiger partial charge in [-0.15, -0.1) is 0 Å². The van der Waals surface area contributed by atoms with Crippen LogP contribution in [0.4, 0.5) is 10.5 Å². The number of morpholine rings is 1. The molecule has 4 atom stereocenters. The zero-order valence-electron chi connectivity index (χ0n) is 37.5. The number of nitrogens with one attached hydrogen (secondary N) is 2. The highest BCUT2D eigenvalue weighted by atomic mass is 35.5. The summed E-state index contributed by atoms with van der Waals surface area (Å²) in [4.78, 5) is 82.5. The Bertz CT molecular complexity index is 1830. The Labute approximate surface area is 367 Å². The van der Waals surface area contributed by atoms with Gasteiger partial charge in [-0.25, -0.2) is 4.79 Å². The first-order valence-corrected chi connectivity index (χ1v) is 22.5. The number of carbonyl (C=O) groups is 5. The van der Waals surface area contributed by atoms with Crippen LogP contribution < -0.4 is 15.5 Å². The van der Waals surface area contributed by atoms with E-state index in [1.54, 1.807) is 52.9 Å². The van der Waals surface area contributed by atoms with E-state index in [4.69, 9.17) is 26.1 Å². The van der Waals surface area contributed by atoms with Gasteiger partial charge >= 0.3 is 6.09 Å². The van der Waals surface area contributed by atoms with Gasteiger partial charge in [-0.05, 0) is 94.5 Å². The van der Waals surface area contributed by atoms with E-state index in [2.05, 4.69) is 15.5 Å². The Morgan fingerprint density at radius 3 is 2.30 bits per heavy atom. The predicted octanol–water partition coefficient (Wildman–Crippen LogP) is 6.08. The summed E-state index contributed by atoms with van der Waals surface area (Å²) in [6.07, 6.45) is 7.59. The first-order chi connectivity index (χ1) is 28.9. The molecule has 1 aliphatic carbocycles. The second kappa shape index (κ2) is 21.6. The van der Waals surface area contributed by atoms with Gasteiger partial charge in [0.25, 0.3) is 0 Å². The molecule has 61 heavy (non-hydrogen) atoms. The third kappa shape index (κ3) is 13.5. The fourth-order valence-electron chi connectivity index (χ4n) is 8.19. The maximum absolute atomic E-state index is 14.8. The van der Waals surface area contributed by atoms with Crippen molar-refractivity contribution in [3.8, 4) is 11.3 Å². The van der Waals surface area contributed by atoms with E-state index in [0.29, 0.717) is 49.7 Å². The highest BCUT2D eigenvalue weighted by Crippen LogP contribution is 2.34. The molecule has 2 aliphatic heterocycles. The molecule has 336 valence electrons. The highest BCUT2D eigenvalue weighted by Gasteiger charge is 2.43. The number of hydrogen-bond acceptors (Lipinski definition) is 9. The molecule has 5 rings (SSSR count). The molecular weight excluding hydrogens is 798 g/mol. The summed E-state index contributed by atoms with van der Waals surface area (Å²) in [6.45, 7) is 12.6. The molecule has 1 aromatic carbocycles. The van der Waals surface area contributed by atoms with E-state index < -0.39 is 47.7 Å². The number of amides is 5. The third-order valence-corrected chi connectivity index (χ3v) is 12.0. The molecule has 0 radical (unpaired) electrons. The second-order valence-electron chi connectivity index (χ2n) is 18.4. The first kappa shape index (κ1) is 47.6. The molecule has 14 nitrogen and oxygen atoms in total. The summed E-state index contributed by atoms with van der Waals surface area (Å²) < 4.78 is 11.0. The largest absolute Gasteiger partial charge is 0.444 e. The van der Waals surface area contributed by atoms with Gasteiger partial charge in [0.05, 0.1) is 30.8 Å². The van der Waals surface area contributed by atoms with Crippen LogP contribution in [0.15, 0.2) is 36.5 Å². The van der Waals surface area contributed by atoms with Crippen LogP contribution in [0.25, 0.3) is 11.3 Å². The second-order valence-corrected chi connectivity index (χ2v) is 18.8. The Morgan fingerprint density at radius 1 is 0.967 bits per heavy atom. The number of pyridine rings is 1. The standard InChI is InChI=1S/C46H68ClN7O7/c1-30(2)26-37-42(56)53(8)39(28-32-27-33(47)17-19-35(32)36-20-18-34(29-48-36)54-22-24-60-25-23-54)43(57)51(6)21-13-11-9-10-12-14-38(41(55)49-37)52(7)44(58)40(31-15-16-31)50-45(59)61-46(3,4)5/h17-20,27,29-31,37-40H,9-16,21-26,28H2,1-8H3,(H,49,55)(H,50,59)/t37-,38-,39-,40-/m0/s1. The van der Waals surface area contributed by atoms with Gasteiger partial charge in [0.2, 0.25) is 23.6 Å². The van der Waals surface area contributed by atoms with Crippen molar-refractivity contribution >= 4 is 47.0 Å². The van der Waals surface area contributed by atoms with Gasteiger partial charge in [0.1, 0.15) is 29.8 Å². The molecule has 0 bridgehead atoms. The first-order valence-electron chi connectivity index (χ1n) is 22.1. The van der Waals surface area contributed by atoms with Crippen molar-refractivity contribution in [2.75, 3.05) is 58.9 Å². The Kier molecular flexibility index (Phi) is 16.8. The summed E-state index contributed by atoms with van der Waals surface area (Å²) in [5, 5.41) is 6.31. The number of carbonyl (C=O) groups excluding carboxylic acids is 5. The van der Waals surface area contributed by atoms with E-state index in [0.717, 1.165) is 68.4 Å². The molecule has 2 N–H and O–H groups in total. The molecule has 0 spiro atoms. The number of rotatable bonds is 10. The zero-order valence-corrected chi connectivity index (χ0v) is 38.3. The molecule has 1 saturated carbocycles. The van der Waals surface area contributed by atoms with Crippen molar-refractivity contribution in [1.82, 2.24) is 30.3 Å². The maximum Gasteiger partial charge on any atom is 0.408 e. The van der Waals surface area contributed by atoms with Crippen molar-refractivity contribution in [3.05, 3.63) is 47.1 Å². The average molecular weight is 867 g/mol. The van der Waals surface area contributed by atoms with Crippen LogP contribution in [0.5, 0.6) is 0 Å². The maximum atomic E-state index is 14.8. The molecule has 3 aliphatic rings. The average Bonchev–Trinajstić information content (AvgIpc) is 4.06. The van der Waals surface area contributed by atoms with Crippen LogP contribution in [-0.4, -0.2) is 133 Å². The Hall–Kier alpha value is -4.43. The molecule has 2 saturated heterocycles. The summed E-state index contributed by atoms with van der Waals surface area (Å²) in [5.41, 5.74) is 2.53. The third-order valence-electron chi connectivity index (χ3n) is 11.8. The number of ether oxygens (including phenoxy) is 2. The minimum atomic E-state index is -0.982. The number of nitrogens with zero attached hydrogens (tertiary/aromatic N) is 5. The van der Waals surface area contributed by atoms with Crippen LogP contribution in [-0.2, 0) is 35.1 Å². The number of benzene rings is 1. The van der Waals surface area contributed by atoms with Gasteiger partial charge < -0.3 is 39.7 Å². The molecular formula is C46H68ClN7O7. The van der Waals surface area contributed by atoms with Crippen LogP contribution >= 0.6 is 11.6 Å². The van der Waals surface area contributed by atoms with E-state index in [1.165, 1.54) is 9.80 Å². The molecule has 5 amide bonds. The lowest BCUT2D eigenvalue weighted by atomic mass is 9.95. The normalized spacial score (nSPS) is 22.2. The smallest absolute Gasteiger partial charge is 0.408 e. The van der Waals surface area contributed by atoms with Gasteiger partial charge in [0.15, 0.2) is 0 Å². The molecule has 15 heteroatoms. The fourth-order valence-corrected chi connectivity index (χ4v) is 8.39. The van der Waals surface area contributed by atoms with Crippen LogP contribution in [0.2, 0.25) is 5.02 Å². The van der Waals surface area contributed by atoms with Crippen LogP contribution in [0.1, 0.15) is 98.0 Å². The van der Waals surface area contributed by atoms with Crippen LogP contribution in [0, 0.1) is 11.8 Å². The summed E-state index contributed by atoms with van der Waals surface area (Å²) in [7, 11) is 5.00. The molecule has 3 fully saturated rings. The van der Waals surface area contributed by atoms with Crippen molar-refractivity contribution in [2.24, 2.45) is 11.8 Å². The van der Waals surface area contributed by atoms with Crippen molar-refractivity contribution < 1.29 is 33.4 Å². The fraction of sp³-hybridized carbons (Fsp3) is 0.652. The lowest BCUT2D eigenvalue weighted by Gasteiger charge is -2.36. The summed E-state index contributed by atoms with van der Waals surface area (Å²) in [6, 6.07) is 5.88. The van der Waals surface area contributed by atoms with Gasteiger partial charge in [-0.3, -0.25) is 24.2 Å². The van der Waals surface area contributed by atoms with Crippen LogP contribution in [0.3, 0.4) is 0 Å². The minimum Gasteiger partial charge on any atom is -0.444 e. The molecule has 2 aromatic rings. The van der Waals surface area contributed by atoms with Crippen molar-refractivity contribution in [2.45, 2.75) is 129 Å². The lowest BCUT2D eigenvalue weighted by Crippen LogP contribution is -2.59. The van der Waals surface area contributed by atoms with Crippen molar-refractivity contribution in [1.29, 1.82) is 0 Å². The van der Waals surface area contributed by atoms with E-state index >= 15 is 0 Å². The summed E-state index contributed by atoms with van der Waals surface area (Å²) in [5.74, 6) is -1.50. The van der Waals surface area contributed by atoms with Gasteiger partial charge in [-0.1, -0.05) is 57.2 Å². The number of likely N-dealkylation sites (N-methyl/N-ethyl adjacent to an activating group) is 3. The van der Waals surface area contributed by atoms with Crippen molar-refractivity contribution in [3.63, 3.8) is 0 Å². The van der Waals surface area contributed by atoms with E-state index in [1.807, 2.05) is 44.3 Å². The number of hydrogen-bond donors (Lipinski definition) is 2. The number of anilines is 1. The zero-order chi connectivity index (χ0) is 44.4. The van der Waals surface area contributed by atoms with Gasteiger partial charge in [-0.2, -0.15) is 0 Å². The number of aromatic nitrogens is 1. The van der Waals surface area contributed by atoms with E-state index in [-0.39, 0.29) is 30.1 Å². The monoisotopic (exact) mass is 865 g/mol.